The molecule has 8 heteroatoms. The Hall–Kier alpha value is -1.89. The largest absolute Gasteiger partial charge is 0.341 e. The summed E-state index contributed by atoms with van der Waals surface area (Å²) in [7, 11) is 0. The summed E-state index contributed by atoms with van der Waals surface area (Å²) in [5.41, 5.74) is -0.236. The van der Waals surface area contributed by atoms with E-state index in [2.05, 4.69) is 5.10 Å². The Labute approximate surface area is 151 Å². The summed E-state index contributed by atoms with van der Waals surface area (Å²) in [6, 6.07) is 2.50. The third kappa shape index (κ3) is 4.21. The van der Waals surface area contributed by atoms with Crippen molar-refractivity contribution in [3.8, 4) is 0 Å². The third-order valence-electron chi connectivity index (χ3n) is 4.87. The van der Waals surface area contributed by atoms with Crippen molar-refractivity contribution in [2.45, 2.75) is 51.1 Å². The van der Waals surface area contributed by atoms with Gasteiger partial charge in [-0.1, -0.05) is 11.6 Å². The average Bonchev–Trinajstić information content (AvgIpc) is 3.28. The molecule has 1 aromatic heterocycles. The molecule has 0 spiro atoms. The van der Waals surface area contributed by atoms with Crippen LogP contribution in [0, 0.1) is 0 Å². The molecule has 0 aromatic carbocycles. The number of nitrogens with zero attached hydrogens (tertiary/aromatic N) is 4. The number of likely N-dealkylation sites (tertiary alicyclic amines) is 2. The van der Waals surface area contributed by atoms with E-state index in [0.717, 1.165) is 38.8 Å². The van der Waals surface area contributed by atoms with Crippen LogP contribution in [0.5, 0.6) is 0 Å². The van der Waals surface area contributed by atoms with Gasteiger partial charge in [0.05, 0.1) is 0 Å². The van der Waals surface area contributed by atoms with Crippen LogP contribution in [0.2, 0.25) is 5.15 Å². The monoisotopic (exact) mass is 366 g/mol. The van der Waals surface area contributed by atoms with Gasteiger partial charge in [0.25, 0.3) is 5.56 Å². The van der Waals surface area contributed by atoms with Crippen LogP contribution in [0.25, 0.3) is 0 Å². The lowest BCUT2D eigenvalue weighted by atomic mass is 10.2. The normalized spacial score (nSPS) is 20.3. The highest BCUT2D eigenvalue weighted by atomic mass is 35.5. The molecule has 0 aliphatic carbocycles. The summed E-state index contributed by atoms with van der Waals surface area (Å²) in [5.74, 6) is 0.0706. The van der Waals surface area contributed by atoms with E-state index in [1.54, 1.807) is 4.90 Å². The number of aryl methyl sites for hydroxylation is 1. The molecule has 0 radical (unpaired) electrons. The molecule has 2 saturated heterocycles. The molecule has 7 nitrogen and oxygen atoms in total. The van der Waals surface area contributed by atoms with Gasteiger partial charge in [-0.15, -0.1) is 0 Å². The number of halogens is 1. The molecule has 2 amide bonds. The minimum atomic E-state index is -0.308. The Morgan fingerprint density at radius 3 is 2.68 bits per heavy atom. The number of carbonyl (C=O) groups is 2. The highest BCUT2D eigenvalue weighted by molar-refractivity contribution is 6.29. The van der Waals surface area contributed by atoms with Crippen LogP contribution >= 0.6 is 11.6 Å². The first-order valence-electron chi connectivity index (χ1n) is 8.88. The predicted molar refractivity (Wildman–Crippen MR) is 93.3 cm³/mol. The lowest BCUT2D eigenvalue weighted by Gasteiger charge is -2.27. The molecule has 0 bridgehead atoms. The lowest BCUT2D eigenvalue weighted by Crippen LogP contribution is -2.47. The fourth-order valence-electron chi connectivity index (χ4n) is 3.58. The topological polar surface area (TPSA) is 75.5 Å². The SMILES string of the molecule is O=C([C@@H]1CCCN1C(=O)CCCn1nc(Cl)ccc1=O)N1CCCC1. The summed E-state index contributed by atoms with van der Waals surface area (Å²) in [4.78, 5) is 40.4. The van der Waals surface area contributed by atoms with Gasteiger partial charge in [0.1, 0.15) is 11.2 Å². The number of hydrogen-bond donors (Lipinski definition) is 0. The van der Waals surface area contributed by atoms with E-state index >= 15 is 0 Å². The first-order valence-corrected chi connectivity index (χ1v) is 9.26. The summed E-state index contributed by atoms with van der Waals surface area (Å²) >= 11 is 5.79. The molecule has 0 N–H and O–H groups in total. The maximum absolute atomic E-state index is 12.6. The highest BCUT2D eigenvalue weighted by Crippen LogP contribution is 2.22. The van der Waals surface area contributed by atoms with Gasteiger partial charge in [-0.3, -0.25) is 14.4 Å². The Balaban J connectivity index is 1.54. The minimum absolute atomic E-state index is 0.0230. The van der Waals surface area contributed by atoms with Crippen LogP contribution in [-0.2, 0) is 16.1 Å². The van der Waals surface area contributed by atoms with Gasteiger partial charge in [-0.2, -0.15) is 5.10 Å². The van der Waals surface area contributed by atoms with Crippen molar-refractivity contribution in [2.24, 2.45) is 0 Å². The van der Waals surface area contributed by atoms with Gasteiger partial charge in [0, 0.05) is 38.7 Å². The van der Waals surface area contributed by atoms with Gasteiger partial charge in [-0.25, -0.2) is 4.68 Å². The molecule has 3 heterocycles. The van der Waals surface area contributed by atoms with E-state index in [4.69, 9.17) is 11.6 Å². The Morgan fingerprint density at radius 1 is 1.16 bits per heavy atom. The van der Waals surface area contributed by atoms with E-state index in [9.17, 15) is 14.4 Å². The average molecular weight is 367 g/mol. The van der Waals surface area contributed by atoms with E-state index in [1.807, 2.05) is 4.90 Å². The molecule has 0 unspecified atom stereocenters. The molecule has 0 saturated carbocycles. The lowest BCUT2D eigenvalue weighted by molar-refractivity contribution is -0.143. The second-order valence-electron chi connectivity index (χ2n) is 6.60. The van der Waals surface area contributed by atoms with E-state index < -0.39 is 0 Å². The molecule has 1 atom stereocenters. The Morgan fingerprint density at radius 2 is 1.92 bits per heavy atom. The van der Waals surface area contributed by atoms with Gasteiger partial charge < -0.3 is 9.80 Å². The minimum Gasteiger partial charge on any atom is -0.341 e. The Bertz CT molecular complexity index is 699. The molecule has 2 fully saturated rings. The van der Waals surface area contributed by atoms with Crippen LogP contribution in [0.1, 0.15) is 38.5 Å². The maximum Gasteiger partial charge on any atom is 0.266 e. The van der Waals surface area contributed by atoms with Crippen molar-refractivity contribution in [3.05, 3.63) is 27.6 Å². The highest BCUT2D eigenvalue weighted by Gasteiger charge is 2.36. The second kappa shape index (κ2) is 7.99. The van der Waals surface area contributed by atoms with Crippen molar-refractivity contribution >= 4 is 23.4 Å². The van der Waals surface area contributed by atoms with Crippen molar-refractivity contribution in [1.29, 1.82) is 0 Å². The van der Waals surface area contributed by atoms with Crippen LogP contribution in [-0.4, -0.2) is 57.1 Å². The smallest absolute Gasteiger partial charge is 0.266 e. The summed E-state index contributed by atoms with van der Waals surface area (Å²) in [6.45, 7) is 2.59. The molecule has 3 rings (SSSR count). The van der Waals surface area contributed by atoms with Crippen LogP contribution in [0.15, 0.2) is 16.9 Å². The van der Waals surface area contributed by atoms with Gasteiger partial charge in [0.2, 0.25) is 11.8 Å². The summed E-state index contributed by atoms with van der Waals surface area (Å²) in [5, 5.41) is 4.20. The first-order chi connectivity index (χ1) is 12.1. The number of amides is 2. The molecule has 1 aromatic rings. The zero-order valence-corrected chi connectivity index (χ0v) is 15.0. The standard InChI is InChI=1S/C17H23ClN4O3/c18-14-7-8-16(24)22(19-14)12-4-6-15(23)21-11-3-5-13(21)17(25)20-9-1-2-10-20/h7-8,13H,1-6,9-12H2/t13-/m0/s1. The van der Waals surface area contributed by atoms with Crippen molar-refractivity contribution in [1.82, 2.24) is 19.6 Å². The van der Waals surface area contributed by atoms with Crippen molar-refractivity contribution < 1.29 is 9.59 Å². The van der Waals surface area contributed by atoms with Gasteiger partial charge >= 0.3 is 0 Å². The van der Waals surface area contributed by atoms with Crippen molar-refractivity contribution in [2.75, 3.05) is 19.6 Å². The molecule has 2 aliphatic heterocycles. The molecule has 136 valence electrons. The van der Waals surface area contributed by atoms with Gasteiger partial charge in [-0.05, 0) is 38.2 Å². The van der Waals surface area contributed by atoms with E-state index in [1.165, 1.54) is 16.8 Å². The van der Waals surface area contributed by atoms with Crippen molar-refractivity contribution in [3.63, 3.8) is 0 Å². The zero-order chi connectivity index (χ0) is 17.8. The number of hydrogen-bond acceptors (Lipinski definition) is 4. The quantitative estimate of drug-likeness (QED) is 0.787. The van der Waals surface area contributed by atoms with Gasteiger partial charge in [0.15, 0.2) is 0 Å². The molecule has 2 aliphatic rings. The number of aromatic nitrogens is 2. The van der Waals surface area contributed by atoms with E-state index in [0.29, 0.717) is 25.9 Å². The Kier molecular flexibility index (Phi) is 5.73. The van der Waals surface area contributed by atoms with Crippen LogP contribution < -0.4 is 5.56 Å². The number of carbonyl (C=O) groups excluding carboxylic acids is 2. The fourth-order valence-corrected chi connectivity index (χ4v) is 3.73. The molecular formula is C17H23ClN4O3. The number of rotatable bonds is 5. The van der Waals surface area contributed by atoms with Crippen LogP contribution in [0.4, 0.5) is 0 Å². The summed E-state index contributed by atoms with van der Waals surface area (Å²) < 4.78 is 1.27. The fraction of sp³-hybridized carbons (Fsp3) is 0.647. The zero-order valence-electron chi connectivity index (χ0n) is 14.2. The maximum atomic E-state index is 12.6. The molecule has 25 heavy (non-hydrogen) atoms. The van der Waals surface area contributed by atoms with Crippen LogP contribution in [0.3, 0.4) is 0 Å². The third-order valence-corrected chi connectivity index (χ3v) is 5.07. The first kappa shape index (κ1) is 17.9. The summed E-state index contributed by atoms with van der Waals surface area (Å²) in [6.07, 6.45) is 4.50. The van der Waals surface area contributed by atoms with E-state index in [-0.39, 0.29) is 28.6 Å². The predicted octanol–water partition coefficient (Wildman–Crippen LogP) is 1.29. The second-order valence-corrected chi connectivity index (χ2v) is 6.99. The molecular weight excluding hydrogens is 344 g/mol.